The lowest BCUT2D eigenvalue weighted by Crippen LogP contribution is -2.14. The van der Waals surface area contributed by atoms with Crippen LogP contribution in [0, 0.1) is 0 Å². The van der Waals surface area contributed by atoms with Gasteiger partial charge in [0, 0.05) is 10.4 Å². The third-order valence-corrected chi connectivity index (χ3v) is 7.81. The van der Waals surface area contributed by atoms with E-state index in [0.29, 0.717) is 10.5 Å². The normalized spacial score (nSPS) is 15.5. The second kappa shape index (κ2) is 5.84. The average Bonchev–Trinajstić information content (AvgIpc) is 3.22. The first-order chi connectivity index (χ1) is 11.6. The second-order valence-corrected chi connectivity index (χ2v) is 9.47. The van der Waals surface area contributed by atoms with E-state index in [4.69, 9.17) is 11.6 Å². The molecule has 0 saturated heterocycles. The maximum Gasteiger partial charge on any atom is 0.269 e. The second-order valence-electron chi connectivity index (χ2n) is 5.38. The Morgan fingerprint density at radius 3 is 2.33 bits per heavy atom. The van der Waals surface area contributed by atoms with Crippen LogP contribution < -0.4 is 0 Å². The van der Waals surface area contributed by atoms with Crippen LogP contribution in [0.1, 0.15) is 0 Å². The van der Waals surface area contributed by atoms with E-state index < -0.39 is 20.9 Å². The van der Waals surface area contributed by atoms with Crippen LogP contribution in [0.15, 0.2) is 87.5 Å². The van der Waals surface area contributed by atoms with Gasteiger partial charge in [-0.15, -0.1) is 0 Å². The van der Waals surface area contributed by atoms with Gasteiger partial charge >= 0.3 is 0 Å². The van der Waals surface area contributed by atoms with Crippen molar-refractivity contribution in [1.82, 2.24) is 3.97 Å². The fraction of sp³-hybridized carbons (Fsp3) is 0. The molecule has 0 unspecified atom stereocenters. The molecule has 1 aliphatic rings. The zero-order valence-electron chi connectivity index (χ0n) is 12.5. The van der Waals surface area contributed by atoms with Gasteiger partial charge in [-0.3, -0.25) is 0 Å². The van der Waals surface area contributed by atoms with Gasteiger partial charge in [0.2, 0.25) is 0 Å². The SMILES string of the molecule is O=S(=O)(c1ccccc1)n1c([SH]2C=CC=C2)cc2cc(Cl)ccc21. The fourth-order valence-electron chi connectivity index (χ4n) is 2.76. The van der Waals surface area contributed by atoms with Crippen molar-refractivity contribution in [2.24, 2.45) is 0 Å². The van der Waals surface area contributed by atoms with Crippen molar-refractivity contribution in [3.63, 3.8) is 0 Å². The predicted molar refractivity (Wildman–Crippen MR) is 102 cm³/mol. The number of hydrogen-bond acceptors (Lipinski definition) is 2. The van der Waals surface area contributed by atoms with E-state index in [1.54, 1.807) is 48.5 Å². The summed E-state index contributed by atoms with van der Waals surface area (Å²) in [6.45, 7) is 0. The molecule has 6 heteroatoms. The molecular formula is C18H14ClNO2S2. The zero-order chi connectivity index (χ0) is 16.7. The number of benzene rings is 2. The zero-order valence-corrected chi connectivity index (χ0v) is 15.0. The van der Waals surface area contributed by atoms with Gasteiger partial charge in [-0.05, 0) is 47.2 Å². The van der Waals surface area contributed by atoms with Crippen LogP contribution >= 0.6 is 22.5 Å². The summed E-state index contributed by atoms with van der Waals surface area (Å²) in [5.41, 5.74) is 0.648. The van der Waals surface area contributed by atoms with E-state index in [2.05, 4.69) is 0 Å². The maximum atomic E-state index is 13.3. The van der Waals surface area contributed by atoms with E-state index >= 15 is 0 Å². The molecule has 4 rings (SSSR count). The molecule has 0 amide bonds. The number of aromatic nitrogens is 1. The van der Waals surface area contributed by atoms with E-state index in [0.717, 1.165) is 10.4 Å². The Kier molecular flexibility index (Phi) is 3.79. The fourth-order valence-corrected chi connectivity index (χ4v) is 6.57. The van der Waals surface area contributed by atoms with Crippen molar-refractivity contribution in [3.8, 4) is 0 Å². The third kappa shape index (κ3) is 2.49. The Hall–Kier alpha value is -1.95. The summed E-state index contributed by atoms with van der Waals surface area (Å²) in [5.74, 6) is 0. The Labute approximate surface area is 148 Å². The molecule has 0 fully saturated rings. The highest BCUT2D eigenvalue weighted by Gasteiger charge is 2.25. The highest BCUT2D eigenvalue weighted by molar-refractivity contribution is 8.22. The van der Waals surface area contributed by atoms with Crippen LogP contribution in [0.2, 0.25) is 5.02 Å². The lowest BCUT2D eigenvalue weighted by atomic mass is 10.2. The highest BCUT2D eigenvalue weighted by Crippen LogP contribution is 2.45. The molecule has 0 N–H and O–H groups in total. The molecular weight excluding hydrogens is 362 g/mol. The molecule has 0 radical (unpaired) electrons. The molecule has 2 aromatic carbocycles. The van der Waals surface area contributed by atoms with E-state index in [-0.39, 0.29) is 4.90 Å². The monoisotopic (exact) mass is 375 g/mol. The smallest absolute Gasteiger partial charge is 0.229 e. The van der Waals surface area contributed by atoms with Crippen molar-refractivity contribution in [3.05, 3.63) is 82.6 Å². The first-order valence-corrected chi connectivity index (χ1v) is 10.6. The maximum absolute atomic E-state index is 13.3. The molecule has 122 valence electrons. The van der Waals surface area contributed by atoms with Gasteiger partial charge in [0.05, 0.1) is 15.4 Å². The summed E-state index contributed by atoms with van der Waals surface area (Å²) in [6, 6.07) is 15.7. The van der Waals surface area contributed by atoms with E-state index in [9.17, 15) is 8.42 Å². The first-order valence-electron chi connectivity index (χ1n) is 7.32. The molecule has 0 saturated carbocycles. The lowest BCUT2D eigenvalue weighted by molar-refractivity contribution is 0.585. The molecule has 24 heavy (non-hydrogen) atoms. The summed E-state index contributed by atoms with van der Waals surface area (Å²) >= 11 is 6.09. The summed E-state index contributed by atoms with van der Waals surface area (Å²) in [5, 5.41) is 6.28. The molecule has 1 aliphatic heterocycles. The molecule has 0 bridgehead atoms. The lowest BCUT2D eigenvalue weighted by Gasteiger charge is -2.16. The molecule has 3 aromatic rings. The molecule has 0 atom stereocenters. The first kappa shape index (κ1) is 15.6. The Bertz CT molecular complexity index is 1070. The van der Waals surface area contributed by atoms with Crippen LogP contribution in [0.25, 0.3) is 10.9 Å². The number of rotatable bonds is 3. The summed E-state index contributed by atoms with van der Waals surface area (Å²) in [7, 11) is -4.47. The van der Waals surface area contributed by atoms with Gasteiger partial charge in [0.1, 0.15) is 0 Å². The van der Waals surface area contributed by atoms with Crippen LogP contribution in [-0.2, 0) is 10.0 Å². The summed E-state index contributed by atoms with van der Waals surface area (Å²) in [6.07, 6.45) is 3.91. The molecule has 3 nitrogen and oxygen atoms in total. The van der Waals surface area contributed by atoms with Crippen molar-refractivity contribution in [2.45, 2.75) is 9.92 Å². The van der Waals surface area contributed by atoms with Gasteiger partial charge in [0.25, 0.3) is 10.0 Å². The van der Waals surface area contributed by atoms with Gasteiger partial charge in [-0.25, -0.2) is 12.4 Å². The van der Waals surface area contributed by atoms with Crippen LogP contribution in [0.3, 0.4) is 0 Å². The molecule has 0 aliphatic carbocycles. The van der Waals surface area contributed by atoms with Crippen molar-refractivity contribution < 1.29 is 8.42 Å². The Morgan fingerprint density at radius 1 is 0.917 bits per heavy atom. The number of allylic oxidation sites excluding steroid dienone is 2. The molecule has 2 heterocycles. The van der Waals surface area contributed by atoms with Crippen LogP contribution in [0.4, 0.5) is 0 Å². The number of halogens is 1. The number of fused-ring (bicyclic) bond motifs is 1. The standard InChI is InChI=1S/C18H14ClNO2S2/c19-15-8-9-17-14(12-15)13-18(23-10-4-5-11-23)20(17)24(21,22)16-6-2-1-3-7-16/h1-13,23H. The number of hydrogen-bond donors (Lipinski definition) is 1. The minimum absolute atomic E-state index is 0.279. The van der Waals surface area contributed by atoms with Gasteiger partial charge < -0.3 is 0 Å². The van der Waals surface area contributed by atoms with Crippen LogP contribution in [-0.4, -0.2) is 12.4 Å². The van der Waals surface area contributed by atoms with E-state index in [1.807, 2.05) is 29.0 Å². The minimum Gasteiger partial charge on any atom is -0.229 e. The summed E-state index contributed by atoms with van der Waals surface area (Å²) in [4.78, 5) is 0.279. The third-order valence-electron chi connectivity index (χ3n) is 3.85. The van der Waals surface area contributed by atoms with E-state index in [1.165, 1.54) is 3.97 Å². The van der Waals surface area contributed by atoms with Crippen LogP contribution in [0.5, 0.6) is 0 Å². The van der Waals surface area contributed by atoms with Gasteiger partial charge in [0.15, 0.2) is 0 Å². The number of thiol groups is 1. The van der Waals surface area contributed by atoms with Crippen molar-refractivity contribution in [1.29, 1.82) is 0 Å². The quantitative estimate of drug-likeness (QED) is 0.659. The highest BCUT2D eigenvalue weighted by atomic mass is 35.5. The molecule has 1 aromatic heterocycles. The van der Waals surface area contributed by atoms with Crippen molar-refractivity contribution in [2.75, 3.05) is 0 Å². The topological polar surface area (TPSA) is 39.1 Å². The summed E-state index contributed by atoms with van der Waals surface area (Å²) < 4.78 is 28.0. The average molecular weight is 376 g/mol. The van der Waals surface area contributed by atoms with Crippen molar-refractivity contribution >= 4 is 43.4 Å². The number of nitrogens with zero attached hydrogens (tertiary/aromatic N) is 1. The van der Waals surface area contributed by atoms with Gasteiger partial charge in [-0.1, -0.05) is 42.0 Å². The van der Waals surface area contributed by atoms with Gasteiger partial charge in [-0.2, -0.15) is 10.9 Å². The Balaban J connectivity index is 2.04. The predicted octanol–water partition coefficient (Wildman–Crippen LogP) is 4.93. The molecule has 0 spiro atoms. The Morgan fingerprint density at radius 2 is 1.62 bits per heavy atom. The minimum atomic E-state index is -3.68. The largest absolute Gasteiger partial charge is 0.269 e.